The van der Waals surface area contributed by atoms with Crippen LogP contribution >= 0.6 is 0 Å². The summed E-state index contributed by atoms with van der Waals surface area (Å²) in [6, 6.07) is 8.49. The van der Waals surface area contributed by atoms with E-state index in [1.807, 2.05) is 12.2 Å². The van der Waals surface area contributed by atoms with Gasteiger partial charge in [0, 0.05) is 18.8 Å². The molecule has 0 fully saturated rings. The largest absolute Gasteiger partial charge is 0.372 e. The molecule has 0 bridgehead atoms. The van der Waals surface area contributed by atoms with E-state index in [4.69, 9.17) is 6.58 Å². The number of anilines is 1. The van der Waals surface area contributed by atoms with Crippen LogP contribution in [0.15, 0.2) is 36.4 Å². The maximum Gasteiger partial charge on any atom is 0.0366 e. The Morgan fingerprint density at radius 3 is 2.20 bits per heavy atom. The summed E-state index contributed by atoms with van der Waals surface area (Å²) in [5, 5.41) is 0. The zero-order valence-electron chi connectivity index (χ0n) is 9.48. The Kier molecular flexibility index (Phi) is 4.69. The Morgan fingerprint density at radius 1 is 1.13 bits per heavy atom. The van der Waals surface area contributed by atoms with Crippen LogP contribution in [-0.2, 0) is 0 Å². The zero-order chi connectivity index (χ0) is 11.1. The molecule has 1 aromatic carbocycles. The van der Waals surface area contributed by atoms with E-state index >= 15 is 0 Å². The van der Waals surface area contributed by atoms with E-state index in [2.05, 4.69) is 43.0 Å². The monoisotopic (exact) mass is 200 g/mol. The highest BCUT2D eigenvalue weighted by molar-refractivity contribution is 5.56. The van der Waals surface area contributed by atoms with Crippen LogP contribution in [0.5, 0.6) is 0 Å². The molecule has 0 aromatic heterocycles. The SMILES string of the molecule is [CH]=CC=Cc1ccc(N(CC)CC)cc1. The predicted molar refractivity (Wildman–Crippen MR) is 67.9 cm³/mol. The Hall–Kier alpha value is -1.50. The molecule has 1 aromatic rings. The molecule has 0 amide bonds. The van der Waals surface area contributed by atoms with Gasteiger partial charge in [0.1, 0.15) is 0 Å². The lowest BCUT2D eigenvalue weighted by Gasteiger charge is -2.20. The van der Waals surface area contributed by atoms with Crippen molar-refractivity contribution in [1.29, 1.82) is 0 Å². The number of nitrogens with zero attached hydrogens (tertiary/aromatic N) is 1. The first-order chi connectivity index (χ1) is 7.31. The minimum absolute atomic E-state index is 1.04. The van der Waals surface area contributed by atoms with Gasteiger partial charge >= 0.3 is 0 Å². The summed E-state index contributed by atoms with van der Waals surface area (Å²) in [4.78, 5) is 2.32. The molecule has 0 saturated carbocycles. The van der Waals surface area contributed by atoms with Gasteiger partial charge in [-0.2, -0.15) is 0 Å². The van der Waals surface area contributed by atoms with Crippen molar-refractivity contribution in [2.45, 2.75) is 13.8 Å². The molecule has 0 aliphatic heterocycles. The Bertz CT molecular complexity index is 318. The molecule has 1 radical (unpaired) electrons. The van der Waals surface area contributed by atoms with Crippen molar-refractivity contribution in [2.75, 3.05) is 18.0 Å². The van der Waals surface area contributed by atoms with Crippen LogP contribution in [-0.4, -0.2) is 13.1 Å². The topological polar surface area (TPSA) is 3.24 Å². The van der Waals surface area contributed by atoms with E-state index in [-0.39, 0.29) is 0 Å². The first kappa shape index (κ1) is 11.6. The molecule has 0 saturated heterocycles. The van der Waals surface area contributed by atoms with E-state index in [1.165, 1.54) is 17.3 Å². The molecule has 0 spiro atoms. The van der Waals surface area contributed by atoms with Crippen molar-refractivity contribution in [3.8, 4) is 0 Å². The van der Waals surface area contributed by atoms with Crippen molar-refractivity contribution in [3.05, 3.63) is 48.6 Å². The van der Waals surface area contributed by atoms with Gasteiger partial charge in [0.15, 0.2) is 0 Å². The van der Waals surface area contributed by atoms with Crippen LogP contribution in [0.25, 0.3) is 6.08 Å². The highest BCUT2D eigenvalue weighted by Crippen LogP contribution is 2.15. The summed E-state index contributed by atoms with van der Waals surface area (Å²) < 4.78 is 0. The van der Waals surface area contributed by atoms with Crippen molar-refractivity contribution in [2.24, 2.45) is 0 Å². The second kappa shape index (κ2) is 6.07. The lowest BCUT2D eigenvalue weighted by Crippen LogP contribution is -2.21. The highest BCUT2D eigenvalue weighted by atomic mass is 15.1. The van der Waals surface area contributed by atoms with Gasteiger partial charge in [-0.05, 0) is 31.5 Å². The van der Waals surface area contributed by atoms with E-state index in [1.54, 1.807) is 0 Å². The fourth-order valence-corrected chi connectivity index (χ4v) is 1.55. The fourth-order valence-electron chi connectivity index (χ4n) is 1.55. The third kappa shape index (κ3) is 3.28. The van der Waals surface area contributed by atoms with Gasteiger partial charge in [0.2, 0.25) is 0 Å². The third-order valence-corrected chi connectivity index (χ3v) is 2.42. The Labute approximate surface area is 92.7 Å². The van der Waals surface area contributed by atoms with Crippen LogP contribution in [0.1, 0.15) is 19.4 Å². The van der Waals surface area contributed by atoms with Crippen LogP contribution in [0.2, 0.25) is 0 Å². The second-order valence-corrected chi connectivity index (χ2v) is 3.32. The maximum atomic E-state index is 5.28. The van der Waals surface area contributed by atoms with Crippen LogP contribution in [0, 0.1) is 6.58 Å². The second-order valence-electron chi connectivity index (χ2n) is 3.32. The molecule has 1 nitrogen and oxygen atoms in total. The van der Waals surface area contributed by atoms with E-state index in [0.717, 1.165) is 13.1 Å². The van der Waals surface area contributed by atoms with E-state index in [9.17, 15) is 0 Å². The average Bonchev–Trinajstić information content (AvgIpc) is 2.29. The molecule has 0 N–H and O–H groups in total. The van der Waals surface area contributed by atoms with Gasteiger partial charge < -0.3 is 4.90 Å². The maximum absolute atomic E-state index is 5.28. The fraction of sp³-hybridized carbons (Fsp3) is 0.286. The van der Waals surface area contributed by atoms with Gasteiger partial charge in [-0.3, -0.25) is 0 Å². The van der Waals surface area contributed by atoms with Crippen molar-refractivity contribution in [1.82, 2.24) is 0 Å². The predicted octanol–water partition coefficient (Wildman–Crippen LogP) is 3.54. The number of allylic oxidation sites excluding steroid dienone is 2. The summed E-state index contributed by atoms with van der Waals surface area (Å²) in [5.41, 5.74) is 2.45. The number of benzene rings is 1. The third-order valence-electron chi connectivity index (χ3n) is 2.42. The number of rotatable bonds is 5. The van der Waals surface area contributed by atoms with Crippen molar-refractivity contribution >= 4 is 11.8 Å². The molecular weight excluding hydrogens is 182 g/mol. The van der Waals surface area contributed by atoms with Crippen LogP contribution in [0.4, 0.5) is 5.69 Å². The average molecular weight is 200 g/mol. The molecule has 0 atom stereocenters. The molecule has 0 aliphatic rings. The number of hydrogen-bond donors (Lipinski definition) is 0. The van der Waals surface area contributed by atoms with Gasteiger partial charge in [0.05, 0.1) is 0 Å². The molecule has 1 rings (SSSR count). The van der Waals surface area contributed by atoms with E-state index < -0.39 is 0 Å². The molecule has 79 valence electrons. The molecule has 1 heteroatoms. The quantitative estimate of drug-likeness (QED) is 0.657. The van der Waals surface area contributed by atoms with Gasteiger partial charge in [0.25, 0.3) is 0 Å². The first-order valence-corrected chi connectivity index (χ1v) is 5.38. The lowest BCUT2D eigenvalue weighted by atomic mass is 10.2. The van der Waals surface area contributed by atoms with Crippen molar-refractivity contribution < 1.29 is 0 Å². The van der Waals surface area contributed by atoms with Gasteiger partial charge in [-0.1, -0.05) is 36.9 Å². The normalized spacial score (nSPS) is 10.5. The summed E-state index contributed by atoms with van der Waals surface area (Å²) in [7, 11) is 0. The van der Waals surface area contributed by atoms with Crippen molar-refractivity contribution in [3.63, 3.8) is 0 Å². The summed E-state index contributed by atoms with van der Waals surface area (Å²) in [5.74, 6) is 0. The molecular formula is C14H18N. The van der Waals surface area contributed by atoms with Crippen LogP contribution < -0.4 is 4.90 Å². The zero-order valence-corrected chi connectivity index (χ0v) is 9.48. The van der Waals surface area contributed by atoms with Crippen LogP contribution in [0.3, 0.4) is 0 Å². The number of hydrogen-bond acceptors (Lipinski definition) is 1. The summed E-state index contributed by atoms with van der Waals surface area (Å²) in [6.45, 7) is 11.7. The molecule has 15 heavy (non-hydrogen) atoms. The summed E-state index contributed by atoms with van der Waals surface area (Å²) in [6.07, 6.45) is 5.37. The highest BCUT2D eigenvalue weighted by Gasteiger charge is 1.99. The Morgan fingerprint density at radius 2 is 1.73 bits per heavy atom. The molecule has 0 aliphatic carbocycles. The molecule has 0 unspecified atom stereocenters. The lowest BCUT2D eigenvalue weighted by molar-refractivity contribution is 0.866. The standard InChI is InChI=1S/C14H18N/c1-4-7-8-13-9-11-14(12-10-13)15(5-2)6-3/h1,4,7-12H,5-6H2,2-3H3. The van der Waals surface area contributed by atoms with E-state index in [0.29, 0.717) is 0 Å². The minimum atomic E-state index is 1.04. The Balaban J connectivity index is 2.79. The van der Waals surface area contributed by atoms with Gasteiger partial charge in [-0.15, -0.1) is 0 Å². The minimum Gasteiger partial charge on any atom is -0.372 e. The first-order valence-electron chi connectivity index (χ1n) is 5.38. The van der Waals surface area contributed by atoms with Gasteiger partial charge in [-0.25, -0.2) is 0 Å². The summed E-state index contributed by atoms with van der Waals surface area (Å²) >= 11 is 0. The molecule has 0 heterocycles. The smallest absolute Gasteiger partial charge is 0.0366 e.